The second kappa shape index (κ2) is 3.65. The number of aromatic nitrogens is 3. The van der Waals surface area contributed by atoms with E-state index in [0.717, 1.165) is 0 Å². The number of nitrogens with one attached hydrogen (secondary N) is 1. The van der Waals surface area contributed by atoms with E-state index in [9.17, 15) is 4.79 Å². The molecule has 0 radical (unpaired) electrons. The molecule has 1 rings (SSSR count). The number of aryl methyl sites for hydroxylation is 1. The van der Waals surface area contributed by atoms with Gasteiger partial charge in [-0.05, 0) is 13.3 Å². The molecule has 1 unspecified atom stereocenters. The van der Waals surface area contributed by atoms with Crippen molar-refractivity contribution in [3.63, 3.8) is 0 Å². The molecule has 0 saturated carbocycles. The van der Waals surface area contributed by atoms with Crippen LogP contribution in [-0.4, -0.2) is 26.4 Å². The molecule has 0 saturated heterocycles. The highest BCUT2D eigenvalue weighted by molar-refractivity contribution is 5.87. The predicted octanol–water partition coefficient (Wildman–Crippen LogP) is -0.119. The van der Waals surface area contributed by atoms with Crippen LogP contribution in [0.25, 0.3) is 0 Å². The molecule has 6 nitrogen and oxygen atoms in total. The van der Waals surface area contributed by atoms with Gasteiger partial charge in [-0.2, -0.15) is 0 Å². The average molecular weight is 197 g/mol. The predicted molar refractivity (Wildman–Crippen MR) is 52.5 cm³/mol. The first-order valence-electron chi connectivity index (χ1n) is 4.42. The SMILES string of the molecule is CCC(C)(Nc1cnnn1C)C(N)=O. The molecule has 1 heterocycles. The summed E-state index contributed by atoms with van der Waals surface area (Å²) in [5, 5.41) is 10.5. The molecule has 1 aromatic rings. The first-order valence-corrected chi connectivity index (χ1v) is 4.42. The molecule has 0 bridgehead atoms. The van der Waals surface area contributed by atoms with Gasteiger partial charge in [0.1, 0.15) is 11.4 Å². The molecule has 78 valence electrons. The number of hydrogen-bond acceptors (Lipinski definition) is 4. The Morgan fingerprint density at radius 2 is 2.43 bits per heavy atom. The Hall–Kier alpha value is -1.59. The molecule has 3 N–H and O–H groups in total. The maximum absolute atomic E-state index is 11.2. The number of carbonyl (C=O) groups is 1. The highest BCUT2D eigenvalue weighted by atomic mass is 16.1. The fourth-order valence-corrected chi connectivity index (χ4v) is 1.01. The van der Waals surface area contributed by atoms with Crippen molar-refractivity contribution in [3.05, 3.63) is 6.20 Å². The number of carbonyl (C=O) groups excluding carboxylic acids is 1. The van der Waals surface area contributed by atoms with Gasteiger partial charge in [-0.15, -0.1) is 5.10 Å². The lowest BCUT2D eigenvalue weighted by molar-refractivity contribution is -0.121. The van der Waals surface area contributed by atoms with E-state index in [1.807, 2.05) is 6.92 Å². The van der Waals surface area contributed by atoms with E-state index < -0.39 is 5.54 Å². The largest absolute Gasteiger partial charge is 0.368 e. The van der Waals surface area contributed by atoms with E-state index >= 15 is 0 Å². The van der Waals surface area contributed by atoms with E-state index in [1.54, 1.807) is 24.9 Å². The first-order chi connectivity index (χ1) is 6.49. The van der Waals surface area contributed by atoms with Crippen LogP contribution in [0.4, 0.5) is 5.82 Å². The number of nitrogens with zero attached hydrogens (tertiary/aromatic N) is 3. The molecule has 1 amide bonds. The minimum atomic E-state index is -0.754. The Morgan fingerprint density at radius 1 is 1.79 bits per heavy atom. The van der Waals surface area contributed by atoms with E-state index in [2.05, 4.69) is 15.6 Å². The van der Waals surface area contributed by atoms with Crippen molar-refractivity contribution < 1.29 is 4.79 Å². The number of amides is 1. The van der Waals surface area contributed by atoms with Crippen LogP contribution in [0, 0.1) is 0 Å². The molecule has 0 fully saturated rings. The van der Waals surface area contributed by atoms with Gasteiger partial charge in [-0.3, -0.25) is 4.79 Å². The number of primary amides is 1. The quantitative estimate of drug-likeness (QED) is 0.704. The van der Waals surface area contributed by atoms with Gasteiger partial charge < -0.3 is 11.1 Å². The third kappa shape index (κ3) is 1.84. The average Bonchev–Trinajstić information content (AvgIpc) is 2.51. The van der Waals surface area contributed by atoms with Gasteiger partial charge in [0.2, 0.25) is 5.91 Å². The topological polar surface area (TPSA) is 85.8 Å². The summed E-state index contributed by atoms with van der Waals surface area (Å²) in [5.41, 5.74) is 4.54. The molecular formula is C8H15N5O. The van der Waals surface area contributed by atoms with Crippen LogP contribution >= 0.6 is 0 Å². The molecule has 14 heavy (non-hydrogen) atoms. The monoisotopic (exact) mass is 197 g/mol. The molecule has 0 aliphatic rings. The van der Waals surface area contributed by atoms with Crippen molar-refractivity contribution in [2.75, 3.05) is 5.32 Å². The second-order valence-electron chi connectivity index (χ2n) is 3.42. The lowest BCUT2D eigenvalue weighted by Crippen LogP contribution is -2.47. The Kier molecular flexibility index (Phi) is 2.73. The molecule has 0 aliphatic carbocycles. The summed E-state index contributed by atoms with van der Waals surface area (Å²) in [5.74, 6) is 0.286. The van der Waals surface area contributed by atoms with Crippen LogP contribution < -0.4 is 11.1 Å². The summed E-state index contributed by atoms with van der Waals surface area (Å²) in [6.07, 6.45) is 2.16. The molecular weight excluding hydrogens is 182 g/mol. The Bertz CT molecular complexity index is 334. The van der Waals surface area contributed by atoms with Gasteiger partial charge in [0.15, 0.2) is 0 Å². The molecule has 0 spiro atoms. The summed E-state index contributed by atoms with van der Waals surface area (Å²) in [7, 11) is 1.74. The lowest BCUT2D eigenvalue weighted by atomic mass is 9.98. The van der Waals surface area contributed by atoms with E-state index in [4.69, 9.17) is 5.73 Å². The summed E-state index contributed by atoms with van der Waals surface area (Å²) in [4.78, 5) is 11.2. The van der Waals surface area contributed by atoms with E-state index in [-0.39, 0.29) is 5.91 Å². The molecule has 1 aromatic heterocycles. The van der Waals surface area contributed by atoms with Crippen LogP contribution in [0.15, 0.2) is 6.20 Å². The van der Waals surface area contributed by atoms with Gasteiger partial charge >= 0.3 is 0 Å². The van der Waals surface area contributed by atoms with Gasteiger partial charge in [0.25, 0.3) is 0 Å². The standard InChI is InChI=1S/C8H15N5O/c1-4-8(2,7(9)14)11-6-5-10-12-13(6)3/h5,11H,4H2,1-3H3,(H2,9,14). The van der Waals surface area contributed by atoms with Crippen LogP contribution in [0.3, 0.4) is 0 Å². The van der Waals surface area contributed by atoms with Gasteiger partial charge in [0.05, 0.1) is 6.20 Å². The minimum absolute atomic E-state index is 0.388. The second-order valence-corrected chi connectivity index (χ2v) is 3.42. The van der Waals surface area contributed by atoms with Crippen molar-refractivity contribution in [2.45, 2.75) is 25.8 Å². The van der Waals surface area contributed by atoms with Crippen molar-refractivity contribution in [2.24, 2.45) is 12.8 Å². The normalized spacial score (nSPS) is 14.8. The zero-order valence-corrected chi connectivity index (χ0v) is 8.61. The van der Waals surface area contributed by atoms with Crippen molar-refractivity contribution >= 4 is 11.7 Å². The Morgan fingerprint density at radius 3 is 2.79 bits per heavy atom. The van der Waals surface area contributed by atoms with Gasteiger partial charge in [-0.25, -0.2) is 4.68 Å². The summed E-state index contributed by atoms with van der Waals surface area (Å²) < 4.78 is 1.55. The summed E-state index contributed by atoms with van der Waals surface area (Å²) in [6.45, 7) is 3.64. The first kappa shape index (κ1) is 10.5. The highest BCUT2D eigenvalue weighted by Crippen LogP contribution is 2.16. The molecule has 0 aliphatic heterocycles. The Balaban J connectivity index is 2.86. The third-order valence-corrected chi connectivity index (χ3v) is 2.37. The molecule has 6 heteroatoms. The van der Waals surface area contributed by atoms with Crippen LogP contribution in [-0.2, 0) is 11.8 Å². The Labute approximate surface area is 82.5 Å². The number of hydrogen-bond donors (Lipinski definition) is 2. The number of nitrogens with two attached hydrogens (primary N) is 1. The zero-order valence-electron chi connectivity index (χ0n) is 8.61. The summed E-state index contributed by atoms with van der Waals surface area (Å²) >= 11 is 0. The van der Waals surface area contributed by atoms with E-state index in [1.165, 1.54) is 0 Å². The zero-order chi connectivity index (χ0) is 10.8. The summed E-state index contributed by atoms with van der Waals surface area (Å²) in [6, 6.07) is 0. The van der Waals surface area contributed by atoms with Crippen LogP contribution in [0.2, 0.25) is 0 Å². The number of anilines is 1. The van der Waals surface area contributed by atoms with E-state index in [0.29, 0.717) is 12.2 Å². The fraction of sp³-hybridized carbons (Fsp3) is 0.625. The maximum Gasteiger partial charge on any atom is 0.242 e. The van der Waals surface area contributed by atoms with Gasteiger partial charge in [0, 0.05) is 7.05 Å². The van der Waals surface area contributed by atoms with Crippen molar-refractivity contribution in [1.29, 1.82) is 0 Å². The highest BCUT2D eigenvalue weighted by Gasteiger charge is 2.29. The van der Waals surface area contributed by atoms with Crippen LogP contribution in [0.5, 0.6) is 0 Å². The molecule has 0 aromatic carbocycles. The third-order valence-electron chi connectivity index (χ3n) is 2.37. The smallest absolute Gasteiger partial charge is 0.242 e. The fourth-order valence-electron chi connectivity index (χ4n) is 1.01. The van der Waals surface area contributed by atoms with Gasteiger partial charge in [-0.1, -0.05) is 12.1 Å². The number of rotatable bonds is 4. The lowest BCUT2D eigenvalue weighted by Gasteiger charge is -2.26. The van der Waals surface area contributed by atoms with Crippen molar-refractivity contribution in [1.82, 2.24) is 15.0 Å². The maximum atomic E-state index is 11.2. The minimum Gasteiger partial charge on any atom is -0.368 e. The van der Waals surface area contributed by atoms with Crippen LogP contribution in [0.1, 0.15) is 20.3 Å². The van der Waals surface area contributed by atoms with Crippen molar-refractivity contribution in [3.8, 4) is 0 Å². The molecule has 1 atom stereocenters.